The highest BCUT2D eigenvalue weighted by atomic mass is 35.5. The minimum Gasteiger partial charge on any atom is -0.324 e. The SMILES string of the molecule is O=C1CCS(=O)(=O)c2ncc(Cl)cc2N1. The largest absolute Gasteiger partial charge is 0.324 e. The van der Waals surface area contributed by atoms with E-state index < -0.39 is 9.84 Å². The second-order valence-electron chi connectivity index (χ2n) is 3.12. The lowest BCUT2D eigenvalue weighted by Crippen LogP contribution is -2.10. The van der Waals surface area contributed by atoms with Gasteiger partial charge in [0.25, 0.3) is 0 Å². The molecule has 1 aliphatic rings. The molecule has 0 saturated heterocycles. The minimum absolute atomic E-state index is 0.0592. The number of carbonyl (C=O) groups excluding carboxylic acids is 1. The van der Waals surface area contributed by atoms with Gasteiger partial charge in [-0.3, -0.25) is 4.79 Å². The highest BCUT2D eigenvalue weighted by molar-refractivity contribution is 7.91. The molecular weight excluding hydrogens is 240 g/mol. The summed E-state index contributed by atoms with van der Waals surface area (Å²) in [5.74, 6) is -0.568. The topological polar surface area (TPSA) is 76.1 Å². The van der Waals surface area contributed by atoms with Crippen LogP contribution >= 0.6 is 11.6 Å². The summed E-state index contributed by atoms with van der Waals surface area (Å²) in [5, 5.41) is 2.62. The Labute approximate surface area is 91.4 Å². The summed E-state index contributed by atoms with van der Waals surface area (Å²) in [6, 6.07) is 1.38. The van der Waals surface area contributed by atoms with Crippen molar-refractivity contribution >= 4 is 33.0 Å². The molecule has 0 saturated carbocycles. The summed E-state index contributed by atoms with van der Waals surface area (Å²) in [6.07, 6.45) is 1.19. The normalized spacial score (nSPS) is 18.9. The van der Waals surface area contributed by atoms with Crippen LogP contribution in [0.25, 0.3) is 0 Å². The molecule has 1 aliphatic heterocycles. The Kier molecular flexibility index (Phi) is 2.40. The van der Waals surface area contributed by atoms with E-state index in [1.165, 1.54) is 12.3 Å². The van der Waals surface area contributed by atoms with E-state index in [9.17, 15) is 13.2 Å². The van der Waals surface area contributed by atoms with Gasteiger partial charge >= 0.3 is 0 Å². The highest BCUT2D eigenvalue weighted by Crippen LogP contribution is 2.26. The third-order valence-electron chi connectivity index (χ3n) is 1.98. The average Bonchev–Trinajstić information content (AvgIpc) is 2.24. The molecule has 2 rings (SSSR count). The fourth-order valence-corrected chi connectivity index (χ4v) is 2.76. The number of pyridine rings is 1. The van der Waals surface area contributed by atoms with Crippen molar-refractivity contribution < 1.29 is 13.2 Å². The molecule has 7 heteroatoms. The van der Waals surface area contributed by atoms with Crippen molar-refractivity contribution in [2.75, 3.05) is 11.1 Å². The quantitative estimate of drug-likeness (QED) is 0.736. The van der Waals surface area contributed by atoms with Crippen LogP contribution < -0.4 is 5.32 Å². The number of rotatable bonds is 0. The third kappa shape index (κ3) is 1.95. The number of nitrogens with zero attached hydrogens (tertiary/aromatic N) is 1. The Morgan fingerprint density at radius 1 is 1.47 bits per heavy atom. The molecule has 0 aromatic carbocycles. The van der Waals surface area contributed by atoms with Crippen LogP contribution in [0.2, 0.25) is 5.02 Å². The maximum atomic E-state index is 11.7. The number of aromatic nitrogens is 1. The first-order valence-corrected chi connectivity index (χ1v) is 6.20. The van der Waals surface area contributed by atoms with E-state index in [-0.39, 0.29) is 33.8 Å². The number of anilines is 1. The number of hydrogen-bond acceptors (Lipinski definition) is 4. The van der Waals surface area contributed by atoms with Crippen LogP contribution in [0, 0.1) is 0 Å². The van der Waals surface area contributed by atoms with Crippen molar-refractivity contribution in [2.24, 2.45) is 0 Å². The van der Waals surface area contributed by atoms with Crippen LogP contribution in [0.4, 0.5) is 5.69 Å². The fourth-order valence-electron chi connectivity index (χ4n) is 1.30. The molecule has 1 aromatic rings. The number of sulfone groups is 1. The van der Waals surface area contributed by atoms with Crippen LogP contribution in [-0.2, 0) is 14.6 Å². The van der Waals surface area contributed by atoms with Crippen molar-refractivity contribution in [1.82, 2.24) is 4.98 Å². The van der Waals surface area contributed by atoms with Crippen molar-refractivity contribution in [1.29, 1.82) is 0 Å². The van der Waals surface area contributed by atoms with Crippen LogP contribution in [0.15, 0.2) is 17.3 Å². The van der Waals surface area contributed by atoms with Gasteiger partial charge in [0.15, 0.2) is 14.9 Å². The number of carbonyl (C=O) groups is 1. The van der Waals surface area contributed by atoms with E-state index in [1.807, 2.05) is 0 Å². The number of amides is 1. The molecular formula is C8H7ClN2O3S. The van der Waals surface area contributed by atoms with E-state index in [1.54, 1.807) is 0 Å². The average molecular weight is 247 g/mol. The second-order valence-corrected chi connectivity index (χ2v) is 5.58. The molecule has 1 amide bonds. The van der Waals surface area contributed by atoms with Gasteiger partial charge in [-0.15, -0.1) is 0 Å². The maximum absolute atomic E-state index is 11.7. The lowest BCUT2D eigenvalue weighted by Gasteiger charge is -2.04. The lowest BCUT2D eigenvalue weighted by molar-refractivity contribution is -0.115. The fraction of sp³-hybridized carbons (Fsp3) is 0.250. The predicted molar refractivity (Wildman–Crippen MR) is 54.5 cm³/mol. The molecule has 0 radical (unpaired) electrons. The maximum Gasteiger partial charge on any atom is 0.225 e. The van der Waals surface area contributed by atoms with Gasteiger partial charge in [0.1, 0.15) is 0 Å². The third-order valence-corrected chi connectivity index (χ3v) is 3.85. The van der Waals surface area contributed by atoms with Gasteiger partial charge in [0.05, 0.1) is 16.5 Å². The van der Waals surface area contributed by atoms with Crippen molar-refractivity contribution in [3.8, 4) is 0 Å². The van der Waals surface area contributed by atoms with E-state index >= 15 is 0 Å². The van der Waals surface area contributed by atoms with Crippen LogP contribution in [-0.4, -0.2) is 25.1 Å². The van der Waals surface area contributed by atoms with Gasteiger partial charge < -0.3 is 5.32 Å². The summed E-state index contributed by atoms with van der Waals surface area (Å²) < 4.78 is 23.3. The Morgan fingerprint density at radius 2 is 2.20 bits per heavy atom. The van der Waals surface area contributed by atoms with E-state index in [0.29, 0.717) is 0 Å². The minimum atomic E-state index is -3.48. The molecule has 0 bridgehead atoms. The first-order chi connectivity index (χ1) is 6.99. The molecule has 1 aromatic heterocycles. The number of halogens is 1. The number of nitrogens with one attached hydrogen (secondary N) is 1. The zero-order valence-corrected chi connectivity index (χ0v) is 9.10. The summed E-state index contributed by atoms with van der Waals surface area (Å²) in [7, 11) is -3.48. The number of fused-ring (bicyclic) bond motifs is 1. The van der Waals surface area contributed by atoms with Gasteiger partial charge in [0, 0.05) is 12.6 Å². The predicted octanol–water partition coefficient (Wildman–Crippen LogP) is 0.851. The molecule has 2 heterocycles. The summed E-state index contributed by atoms with van der Waals surface area (Å²) in [6.45, 7) is 0. The Morgan fingerprint density at radius 3 is 2.93 bits per heavy atom. The van der Waals surface area contributed by atoms with E-state index in [2.05, 4.69) is 10.3 Å². The molecule has 80 valence electrons. The van der Waals surface area contributed by atoms with Gasteiger partial charge in [-0.1, -0.05) is 11.6 Å². The molecule has 15 heavy (non-hydrogen) atoms. The van der Waals surface area contributed by atoms with Crippen LogP contribution in [0.1, 0.15) is 6.42 Å². The first kappa shape index (κ1) is 10.4. The van der Waals surface area contributed by atoms with Crippen LogP contribution in [0.5, 0.6) is 0 Å². The smallest absolute Gasteiger partial charge is 0.225 e. The molecule has 0 spiro atoms. The van der Waals surface area contributed by atoms with Gasteiger partial charge in [-0.25, -0.2) is 13.4 Å². The van der Waals surface area contributed by atoms with Crippen molar-refractivity contribution in [3.05, 3.63) is 17.3 Å². The molecule has 0 fully saturated rings. The first-order valence-electron chi connectivity index (χ1n) is 4.17. The van der Waals surface area contributed by atoms with Crippen molar-refractivity contribution in [2.45, 2.75) is 11.4 Å². The number of hydrogen-bond donors (Lipinski definition) is 1. The Hall–Kier alpha value is -1.14. The monoisotopic (exact) mass is 246 g/mol. The molecule has 1 N–H and O–H groups in total. The zero-order valence-electron chi connectivity index (χ0n) is 7.53. The van der Waals surface area contributed by atoms with Gasteiger partial charge in [0.2, 0.25) is 5.91 Å². The molecule has 0 aliphatic carbocycles. The molecule has 0 unspecified atom stereocenters. The second kappa shape index (κ2) is 3.46. The standard InChI is InChI=1S/C8H7ClN2O3S/c9-5-3-6-8(10-4-5)15(13,14)2-1-7(12)11-6/h3-4H,1-2H2,(H,11,12). The van der Waals surface area contributed by atoms with E-state index in [4.69, 9.17) is 11.6 Å². The van der Waals surface area contributed by atoms with Gasteiger partial charge in [-0.05, 0) is 6.07 Å². The lowest BCUT2D eigenvalue weighted by atomic mass is 10.4. The Balaban J connectivity index is 2.66. The van der Waals surface area contributed by atoms with Crippen molar-refractivity contribution in [3.63, 3.8) is 0 Å². The molecule has 5 nitrogen and oxygen atoms in total. The van der Waals surface area contributed by atoms with E-state index in [0.717, 1.165) is 0 Å². The highest BCUT2D eigenvalue weighted by Gasteiger charge is 2.26. The van der Waals surface area contributed by atoms with Crippen LogP contribution in [0.3, 0.4) is 0 Å². The summed E-state index contributed by atoms with van der Waals surface area (Å²) in [4.78, 5) is 14.9. The summed E-state index contributed by atoms with van der Waals surface area (Å²) in [5.41, 5.74) is 0.157. The van der Waals surface area contributed by atoms with Gasteiger partial charge in [-0.2, -0.15) is 0 Å². The molecule has 0 atom stereocenters. The Bertz CT molecular complexity index is 527. The summed E-state index contributed by atoms with van der Waals surface area (Å²) >= 11 is 5.66. The zero-order chi connectivity index (χ0) is 11.1.